The highest BCUT2D eigenvalue weighted by Crippen LogP contribution is 2.30. The van der Waals surface area contributed by atoms with E-state index in [1.807, 2.05) is 13.1 Å². The second kappa shape index (κ2) is 3.94. The molecule has 17 heavy (non-hydrogen) atoms. The average molecular weight is 250 g/mol. The molecule has 2 aromatic rings. The molecule has 90 valence electrons. The SMILES string of the molecule is C[N+]1(O)CCN(c2nsc3ccccc23)CC1. The van der Waals surface area contributed by atoms with Crippen molar-refractivity contribution in [2.45, 2.75) is 0 Å². The minimum atomic E-state index is 0.124. The normalized spacial score (nSPS) is 19.8. The maximum atomic E-state index is 9.90. The molecule has 4 nitrogen and oxygen atoms in total. The van der Waals surface area contributed by atoms with Gasteiger partial charge in [-0.25, -0.2) is 5.21 Å². The number of benzene rings is 1. The number of likely N-dealkylation sites (N-methyl/N-ethyl adjacent to an activating group) is 1. The van der Waals surface area contributed by atoms with E-state index in [4.69, 9.17) is 0 Å². The highest BCUT2D eigenvalue weighted by atomic mass is 32.1. The van der Waals surface area contributed by atoms with Gasteiger partial charge in [-0.3, -0.25) is 0 Å². The van der Waals surface area contributed by atoms with Gasteiger partial charge in [-0.2, -0.15) is 9.02 Å². The van der Waals surface area contributed by atoms with E-state index < -0.39 is 0 Å². The van der Waals surface area contributed by atoms with Crippen LogP contribution in [-0.4, -0.2) is 47.5 Å². The van der Waals surface area contributed by atoms with E-state index in [2.05, 4.69) is 27.5 Å². The van der Waals surface area contributed by atoms with E-state index in [0.29, 0.717) is 0 Å². The molecule has 0 saturated carbocycles. The first-order valence-electron chi connectivity index (χ1n) is 5.82. The number of fused-ring (bicyclic) bond motifs is 1. The fourth-order valence-electron chi connectivity index (χ4n) is 2.21. The molecule has 1 aromatic heterocycles. The van der Waals surface area contributed by atoms with Gasteiger partial charge in [-0.15, -0.1) is 0 Å². The van der Waals surface area contributed by atoms with Gasteiger partial charge in [-0.05, 0) is 23.7 Å². The smallest absolute Gasteiger partial charge is 0.150 e. The second-order valence-electron chi connectivity index (χ2n) is 4.78. The van der Waals surface area contributed by atoms with Crippen LogP contribution in [0.15, 0.2) is 24.3 Å². The number of quaternary nitrogens is 1. The zero-order chi connectivity index (χ0) is 11.9. The van der Waals surface area contributed by atoms with Crippen LogP contribution in [0.5, 0.6) is 0 Å². The third-order valence-corrected chi connectivity index (χ3v) is 4.18. The van der Waals surface area contributed by atoms with Crippen LogP contribution >= 0.6 is 11.5 Å². The van der Waals surface area contributed by atoms with Crippen molar-refractivity contribution < 1.29 is 9.85 Å². The lowest BCUT2D eigenvalue weighted by Gasteiger charge is -2.36. The first-order chi connectivity index (χ1) is 8.16. The van der Waals surface area contributed by atoms with E-state index >= 15 is 0 Å². The Morgan fingerprint density at radius 1 is 1.29 bits per heavy atom. The van der Waals surface area contributed by atoms with Gasteiger partial charge in [0.1, 0.15) is 13.1 Å². The highest BCUT2D eigenvalue weighted by molar-refractivity contribution is 7.13. The molecule has 1 aromatic carbocycles. The number of rotatable bonds is 1. The minimum Gasteiger partial charge on any atom is -0.344 e. The standard InChI is InChI=1S/C12H16N3OS/c1-15(16)8-6-14(7-9-15)12-10-4-2-3-5-11(10)17-13-12/h2-5,16H,6-9H2,1H3/q+1. The van der Waals surface area contributed by atoms with Crippen molar-refractivity contribution in [1.29, 1.82) is 0 Å². The molecule has 0 radical (unpaired) electrons. The van der Waals surface area contributed by atoms with Gasteiger partial charge in [0.05, 0.1) is 24.8 Å². The highest BCUT2D eigenvalue weighted by Gasteiger charge is 2.28. The van der Waals surface area contributed by atoms with Crippen molar-refractivity contribution in [3.8, 4) is 0 Å². The van der Waals surface area contributed by atoms with Gasteiger partial charge in [0.2, 0.25) is 0 Å². The molecule has 2 heterocycles. The lowest BCUT2D eigenvalue weighted by atomic mass is 10.2. The lowest BCUT2D eigenvalue weighted by Crippen LogP contribution is -2.55. The summed E-state index contributed by atoms with van der Waals surface area (Å²) < 4.78 is 5.90. The zero-order valence-corrected chi connectivity index (χ0v) is 10.7. The van der Waals surface area contributed by atoms with Crippen molar-refractivity contribution in [2.24, 2.45) is 0 Å². The maximum Gasteiger partial charge on any atom is 0.150 e. The molecule has 1 aliphatic heterocycles. The Morgan fingerprint density at radius 3 is 2.76 bits per heavy atom. The van der Waals surface area contributed by atoms with Crippen molar-refractivity contribution in [1.82, 2.24) is 4.37 Å². The van der Waals surface area contributed by atoms with Gasteiger partial charge in [0.25, 0.3) is 0 Å². The van der Waals surface area contributed by atoms with Crippen molar-refractivity contribution in [2.75, 3.05) is 38.1 Å². The summed E-state index contributed by atoms with van der Waals surface area (Å²) in [6.07, 6.45) is 0. The Kier molecular flexibility index (Phi) is 2.54. The number of anilines is 1. The first-order valence-corrected chi connectivity index (χ1v) is 6.60. The van der Waals surface area contributed by atoms with Crippen LogP contribution in [0, 0.1) is 0 Å². The van der Waals surface area contributed by atoms with E-state index in [0.717, 1.165) is 32.0 Å². The molecule has 0 bridgehead atoms. The first kappa shape index (κ1) is 11.0. The van der Waals surface area contributed by atoms with Crippen LogP contribution in [0.25, 0.3) is 10.1 Å². The van der Waals surface area contributed by atoms with Gasteiger partial charge >= 0.3 is 0 Å². The second-order valence-corrected chi connectivity index (χ2v) is 5.58. The molecular formula is C12H16N3OS+. The zero-order valence-electron chi connectivity index (χ0n) is 9.83. The summed E-state index contributed by atoms with van der Waals surface area (Å²) in [5, 5.41) is 11.1. The van der Waals surface area contributed by atoms with Crippen LogP contribution in [0.1, 0.15) is 0 Å². The topological polar surface area (TPSA) is 36.4 Å². The van der Waals surface area contributed by atoms with Crippen LogP contribution in [-0.2, 0) is 0 Å². The van der Waals surface area contributed by atoms with Crippen molar-refractivity contribution >= 4 is 27.4 Å². The number of nitrogens with zero attached hydrogens (tertiary/aromatic N) is 3. The molecule has 0 spiro atoms. The lowest BCUT2D eigenvalue weighted by molar-refractivity contribution is -1.09. The van der Waals surface area contributed by atoms with E-state index in [1.165, 1.54) is 10.1 Å². The Morgan fingerprint density at radius 2 is 2.00 bits per heavy atom. The third kappa shape index (κ3) is 2.01. The Hall–Kier alpha value is -1.17. The molecule has 3 rings (SSSR count). The Balaban J connectivity index is 1.90. The number of hydrogen-bond donors (Lipinski definition) is 1. The molecular weight excluding hydrogens is 234 g/mol. The molecule has 0 atom stereocenters. The summed E-state index contributed by atoms with van der Waals surface area (Å²) in [6.45, 7) is 3.24. The summed E-state index contributed by atoms with van der Waals surface area (Å²) in [7, 11) is 1.86. The van der Waals surface area contributed by atoms with Crippen molar-refractivity contribution in [3.63, 3.8) is 0 Å². The fraction of sp³-hybridized carbons (Fsp3) is 0.417. The monoisotopic (exact) mass is 250 g/mol. The third-order valence-electron chi connectivity index (χ3n) is 3.36. The molecule has 5 heteroatoms. The summed E-state index contributed by atoms with van der Waals surface area (Å²) in [4.78, 5) is 2.27. The summed E-state index contributed by atoms with van der Waals surface area (Å²) >= 11 is 1.55. The molecule has 0 unspecified atom stereocenters. The quantitative estimate of drug-likeness (QED) is 0.786. The van der Waals surface area contributed by atoms with Gasteiger partial charge in [-0.1, -0.05) is 12.1 Å². The van der Waals surface area contributed by atoms with Gasteiger partial charge in [0, 0.05) is 5.39 Å². The van der Waals surface area contributed by atoms with E-state index in [9.17, 15) is 5.21 Å². The average Bonchev–Trinajstić information content (AvgIpc) is 2.73. The van der Waals surface area contributed by atoms with E-state index in [1.54, 1.807) is 11.5 Å². The predicted octanol–water partition coefficient (Wildman–Crippen LogP) is 1.95. The van der Waals surface area contributed by atoms with Crippen LogP contribution in [0.2, 0.25) is 0 Å². The maximum absolute atomic E-state index is 9.90. The molecule has 0 aliphatic carbocycles. The fourth-order valence-corrected chi connectivity index (χ4v) is 3.00. The number of aromatic nitrogens is 1. The van der Waals surface area contributed by atoms with Crippen molar-refractivity contribution in [3.05, 3.63) is 24.3 Å². The minimum absolute atomic E-state index is 0.124. The number of hydrogen-bond acceptors (Lipinski definition) is 4. The Labute approximate surface area is 104 Å². The largest absolute Gasteiger partial charge is 0.344 e. The molecule has 1 N–H and O–H groups in total. The van der Waals surface area contributed by atoms with Crippen LogP contribution < -0.4 is 4.90 Å². The van der Waals surface area contributed by atoms with Crippen LogP contribution in [0.4, 0.5) is 5.82 Å². The van der Waals surface area contributed by atoms with Crippen LogP contribution in [0.3, 0.4) is 0 Å². The molecule has 1 aliphatic rings. The summed E-state index contributed by atoms with van der Waals surface area (Å²) in [6, 6.07) is 8.32. The van der Waals surface area contributed by atoms with Gasteiger partial charge < -0.3 is 4.90 Å². The number of hydroxylamine groups is 3. The van der Waals surface area contributed by atoms with Gasteiger partial charge in [0.15, 0.2) is 5.82 Å². The summed E-state index contributed by atoms with van der Waals surface area (Å²) in [5.41, 5.74) is 0. The Bertz CT molecular complexity index is 527. The predicted molar refractivity (Wildman–Crippen MR) is 69.5 cm³/mol. The number of piperazine rings is 1. The molecule has 1 saturated heterocycles. The summed E-state index contributed by atoms with van der Waals surface area (Å²) in [5.74, 6) is 1.07. The molecule has 0 amide bonds. The molecule has 1 fully saturated rings. The van der Waals surface area contributed by atoms with E-state index in [-0.39, 0.29) is 4.65 Å².